The maximum Gasteiger partial charge on any atom is 0.0672 e. The minimum absolute atomic E-state index is 0.130. The quantitative estimate of drug-likeness (QED) is 0.536. The van der Waals surface area contributed by atoms with Crippen LogP contribution in [0.5, 0.6) is 0 Å². The van der Waals surface area contributed by atoms with Crippen LogP contribution in [0.4, 0.5) is 0 Å². The van der Waals surface area contributed by atoms with E-state index >= 15 is 0 Å². The summed E-state index contributed by atoms with van der Waals surface area (Å²) >= 11 is 0. The summed E-state index contributed by atoms with van der Waals surface area (Å²) < 4.78 is 5.55. The van der Waals surface area contributed by atoms with Crippen LogP contribution in [0.1, 0.15) is 32.6 Å². The molecule has 2 unspecified atom stereocenters. The van der Waals surface area contributed by atoms with Gasteiger partial charge in [-0.25, -0.2) is 0 Å². The summed E-state index contributed by atoms with van der Waals surface area (Å²) in [6, 6.07) is 1.43. The molecule has 2 fully saturated rings. The van der Waals surface area contributed by atoms with E-state index in [0.29, 0.717) is 18.7 Å². The number of nitrogens with two attached hydrogens (primary N) is 1. The monoisotopic (exact) mass is 267 g/mol. The second-order valence-electron chi connectivity index (χ2n) is 6.38. The predicted molar refractivity (Wildman–Crippen MR) is 79.2 cm³/mol. The number of hydrogen-bond donors (Lipinski definition) is 2. The van der Waals surface area contributed by atoms with E-state index in [2.05, 4.69) is 23.8 Å². The second-order valence-corrected chi connectivity index (χ2v) is 6.38. The van der Waals surface area contributed by atoms with E-state index in [0.717, 1.165) is 25.3 Å². The Morgan fingerprint density at radius 3 is 2.58 bits per heavy atom. The van der Waals surface area contributed by atoms with E-state index in [1.54, 1.807) is 0 Å². The maximum absolute atomic E-state index is 6.06. The normalized spacial score (nSPS) is 34.7. The molecule has 2 heterocycles. The van der Waals surface area contributed by atoms with Gasteiger partial charge in [0.15, 0.2) is 0 Å². The average Bonchev–Trinajstić information content (AvgIpc) is 2.62. The number of ether oxygens (including phenoxy) is 1. The minimum Gasteiger partial charge on any atom is -0.376 e. The summed E-state index contributed by atoms with van der Waals surface area (Å²) in [7, 11) is 2.26. The van der Waals surface area contributed by atoms with Crippen molar-refractivity contribution in [1.82, 2.24) is 10.2 Å². The zero-order valence-corrected chi connectivity index (χ0v) is 12.5. The van der Waals surface area contributed by atoms with Crippen LogP contribution in [-0.2, 0) is 4.74 Å². The van der Waals surface area contributed by atoms with Gasteiger partial charge >= 0.3 is 0 Å². The number of nitrogens with one attached hydrogen (secondary N) is 1. The second kappa shape index (κ2) is 6.35. The highest BCUT2D eigenvalue weighted by Crippen LogP contribution is 2.39. The lowest BCUT2D eigenvalue weighted by molar-refractivity contribution is 0.0833. The minimum atomic E-state index is 0.130. The van der Waals surface area contributed by atoms with Crippen molar-refractivity contribution in [2.24, 2.45) is 5.73 Å². The smallest absolute Gasteiger partial charge is 0.0672 e. The van der Waals surface area contributed by atoms with E-state index in [-0.39, 0.29) is 5.54 Å². The number of hydrogen-bond acceptors (Lipinski definition) is 4. The Morgan fingerprint density at radius 1 is 1.42 bits per heavy atom. The van der Waals surface area contributed by atoms with E-state index < -0.39 is 0 Å². The first-order valence-electron chi connectivity index (χ1n) is 7.45. The molecule has 0 aromatic carbocycles. The molecule has 2 aliphatic heterocycles. The predicted octanol–water partition coefficient (Wildman–Crippen LogP) is 1.12. The Balaban J connectivity index is 1.78. The summed E-state index contributed by atoms with van der Waals surface area (Å²) in [6.07, 6.45) is 5.02. The SMILES string of the molecule is C=C(C)COCCNC1(CN)CC2CCC(C1)N2C. The molecule has 0 spiro atoms. The molecule has 3 N–H and O–H groups in total. The van der Waals surface area contributed by atoms with Crippen LogP contribution < -0.4 is 11.1 Å². The van der Waals surface area contributed by atoms with Crippen molar-refractivity contribution in [1.29, 1.82) is 0 Å². The molecule has 2 atom stereocenters. The van der Waals surface area contributed by atoms with Crippen LogP contribution >= 0.6 is 0 Å². The third-order valence-electron chi connectivity index (χ3n) is 4.72. The van der Waals surface area contributed by atoms with Gasteiger partial charge in [-0.15, -0.1) is 0 Å². The Kier molecular flexibility index (Phi) is 5.01. The van der Waals surface area contributed by atoms with Gasteiger partial charge in [0, 0.05) is 30.7 Å². The lowest BCUT2D eigenvalue weighted by atomic mass is 9.83. The van der Waals surface area contributed by atoms with E-state index in [1.807, 2.05) is 6.92 Å². The summed E-state index contributed by atoms with van der Waals surface area (Å²) in [5, 5.41) is 3.67. The van der Waals surface area contributed by atoms with Crippen LogP contribution in [0.25, 0.3) is 0 Å². The van der Waals surface area contributed by atoms with E-state index in [9.17, 15) is 0 Å². The first-order chi connectivity index (χ1) is 9.06. The lowest BCUT2D eigenvalue weighted by Crippen LogP contribution is -2.60. The van der Waals surface area contributed by atoms with Crippen LogP contribution in [0, 0.1) is 0 Å². The molecule has 4 heteroatoms. The molecule has 2 aliphatic rings. The Morgan fingerprint density at radius 2 is 2.05 bits per heavy atom. The maximum atomic E-state index is 6.06. The number of fused-ring (bicyclic) bond motifs is 2. The number of piperidine rings is 1. The Labute approximate surface area is 117 Å². The van der Waals surface area contributed by atoms with Crippen LogP contribution in [0.2, 0.25) is 0 Å². The molecule has 4 nitrogen and oxygen atoms in total. The van der Waals surface area contributed by atoms with Crippen molar-refractivity contribution < 1.29 is 4.74 Å². The first kappa shape index (κ1) is 15.0. The zero-order chi connectivity index (χ0) is 13.9. The van der Waals surface area contributed by atoms with Crippen LogP contribution in [0.3, 0.4) is 0 Å². The molecule has 110 valence electrons. The van der Waals surface area contributed by atoms with Gasteiger partial charge in [0.05, 0.1) is 13.2 Å². The molecule has 0 radical (unpaired) electrons. The van der Waals surface area contributed by atoms with Crippen molar-refractivity contribution in [2.45, 2.75) is 50.2 Å². The molecule has 0 saturated carbocycles. The largest absolute Gasteiger partial charge is 0.376 e. The first-order valence-corrected chi connectivity index (χ1v) is 7.45. The van der Waals surface area contributed by atoms with Gasteiger partial charge in [0.2, 0.25) is 0 Å². The van der Waals surface area contributed by atoms with Crippen LogP contribution in [0.15, 0.2) is 12.2 Å². The van der Waals surface area contributed by atoms with Crippen molar-refractivity contribution in [3.05, 3.63) is 12.2 Å². The highest BCUT2D eigenvalue weighted by molar-refractivity contribution is 5.05. The standard InChI is InChI=1S/C15H29N3O/c1-12(2)10-19-7-6-17-15(11-16)8-13-4-5-14(9-15)18(13)3/h13-14,17H,1,4-11,16H2,2-3H3. The fourth-order valence-corrected chi connectivity index (χ4v) is 3.59. The number of nitrogens with zero attached hydrogens (tertiary/aromatic N) is 1. The fraction of sp³-hybridized carbons (Fsp3) is 0.867. The molecule has 2 bridgehead atoms. The van der Waals surface area contributed by atoms with Gasteiger partial charge in [-0.2, -0.15) is 0 Å². The third-order valence-corrected chi connectivity index (χ3v) is 4.72. The molecule has 2 saturated heterocycles. The van der Waals surface area contributed by atoms with Crippen molar-refractivity contribution >= 4 is 0 Å². The summed E-state index contributed by atoms with van der Waals surface area (Å²) in [6.45, 7) is 8.83. The van der Waals surface area contributed by atoms with Crippen molar-refractivity contribution in [3.63, 3.8) is 0 Å². The van der Waals surface area contributed by atoms with E-state index in [1.165, 1.54) is 25.7 Å². The zero-order valence-electron chi connectivity index (χ0n) is 12.5. The third kappa shape index (κ3) is 3.57. The van der Waals surface area contributed by atoms with Gasteiger partial charge in [-0.3, -0.25) is 0 Å². The molecule has 2 rings (SSSR count). The molecular formula is C15H29N3O. The lowest BCUT2D eigenvalue weighted by Gasteiger charge is -2.45. The molecule has 0 aromatic rings. The van der Waals surface area contributed by atoms with Gasteiger partial charge in [-0.05, 0) is 39.7 Å². The highest BCUT2D eigenvalue weighted by Gasteiger charge is 2.45. The Bertz CT molecular complexity index is 305. The molecule has 19 heavy (non-hydrogen) atoms. The molecule has 0 amide bonds. The van der Waals surface area contributed by atoms with Crippen molar-refractivity contribution in [3.8, 4) is 0 Å². The molecular weight excluding hydrogens is 238 g/mol. The summed E-state index contributed by atoms with van der Waals surface area (Å²) in [5.74, 6) is 0. The van der Waals surface area contributed by atoms with Gasteiger partial charge in [0.1, 0.15) is 0 Å². The van der Waals surface area contributed by atoms with Crippen molar-refractivity contribution in [2.75, 3.05) is 33.4 Å². The summed E-state index contributed by atoms with van der Waals surface area (Å²) in [5.41, 5.74) is 7.27. The number of rotatable bonds is 7. The summed E-state index contributed by atoms with van der Waals surface area (Å²) in [4.78, 5) is 2.55. The Hall–Kier alpha value is -0.420. The van der Waals surface area contributed by atoms with Crippen LogP contribution in [-0.4, -0.2) is 55.9 Å². The average molecular weight is 267 g/mol. The van der Waals surface area contributed by atoms with E-state index in [4.69, 9.17) is 10.5 Å². The van der Waals surface area contributed by atoms with Gasteiger partial charge in [0.25, 0.3) is 0 Å². The molecule has 0 aromatic heterocycles. The highest BCUT2D eigenvalue weighted by atomic mass is 16.5. The fourth-order valence-electron chi connectivity index (χ4n) is 3.59. The van der Waals surface area contributed by atoms with Gasteiger partial charge < -0.3 is 20.7 Å². The topological polar surface area (TPSA) is 50.5 Å². The van der Waals surface area contributed by atoms with Gasteiger partial charge in [-0.1, -0.05) is 12.2 Å². The molecule has 0 aliphatic carbocycles.